The summed E-state index contributed by atoms with van der Waals surface area (Å²) in [6.07, 6.45) is 1.07. The molecule has 1 aromatic carbocycles. The van der Waals surface area contributed by atoms with E-state index in [-0.39, 0.29) is 5.91 Å². The van der Waals surface area contributed by atoms with Crippen LogP contribution >= 0.6 is 22.6 Å². The maximum absolute atomic E-state index is 12.4. The lowest BCUT2D eigenvalue weighted by atomic mass is 10.2. The normalized spacial score (nSPS) is 17.6. The summed E-state index contributed by atoms with van der Waals surface area (Å²) in [7, 11) is 0. The van der Waals surface area contributed by atoms with Gasteiger partial charge in [-0.25, -0.2) is 0 Å². The van der Waals surface area contributed by atoms with E-state index in [1.807, 2.05) is 29.2 Å². The lowest BCUT2D eigenvalue weighted by molar-refractivity contribution is 0.0762. The van der Waals surface area contributed by atoms with Crippen molar-refractivity contribution in [2.45, 2.75) is 13.3 Å². The Kier molecular flexibility index (Phi) is 5.00. The van der Waals surface area contributed by atoms with Gasteiger partial charge in [0.1, 0.15) is 0 Å². The molecule has 0 N–H and O–H groups in total. The first-order valence-electron chi connectivity index (χ1n) is 6.48. The van der Waals surface area contributed by atoms with Gasteiger partial charge in [0.05, 0.1) is 0 Å². The van der Waals surface area contributed by atoms with Crippen molar-refractivity contribution in [1.29, 1.82) is 0 Å². The summed E-state index contributed by atoms with van der Waals surface area (Å²) >= 11 is 2.26. The minimum absolute atomic E-state index is 0.171. The van der Waals surface area contributed by atoms with Crippen molar-refractivity contribution in [1.82, 2.24) is 9.80 Å². The van der Waals surface area contributed by atoms with E-state index in [4.69, 9.17) is 0 Å². The summed E-state index contributed by atoms with van der Waals surface area (Å²) in [6, 6.07) is 7.83. The van der Waals surface area contributed by atoms with Gasteiger partial charge in [0.25, 0.3) is 5.91 Å². The van der Waals surface area contributed by atoms with E-state index >= 15 is 0 Å². The highest BCUT2D eigenvalue weighted by molar-refractivity contribution is 14.1. The van der Waals surface area contributed by atoms with Crippen LogP contribution < -0.4 is 0 Å². The second-order valence-electron chi connectivity index (χ2n) is 4.59. The van der Waals surface area contributed by atoms with E-state index in [0.717, 1.165) is 48.3 Å². The van der Waals surface area contributed by atoms with Gasteiger partial charge in [-0.3, -0.25) is 4.79 Å². The van der Waals surface area contributed by atoms with Crippen molar-refractivity contribution in [3.63, 3.8) is 0 Å². The van der Waals surface area contributed by atoms with Gasteiger partial charge in [0.2, 0.25) is 0 Å². The van der Waals surface area contributed by atoms with Crippen molar-refractivity contribution >= 4 is 28.5 Å². The largest absolute Gasteiger partial charge is 0.337 e. The molecule has 3 nitrogen and oxygen atoms in total. The quantitative estimate of drug-likeness (QED) is 0.759. The number of nitrogens with zero attached hydrogens (tertiary/aromatic N) is 2. The highest BCUT2D eigenvalue weighted by atomic mass is 127. The van der Waals surface area contributed by atoms with Crippen LogP contribution in [0.1, 0.15) is 23.7 Å². The molecule has 1 amide bonds. The molecule has 0 aromatic heterocycles. The molecule has 1 fully saturated rings. The zero-order valence-corrected chi connectivity index (χ0v) is 12.9. The summed E-state index contributed by atoms with van der Waals surface area (Å²) in [4.78, 5) is 16.8. The Labute approximate surface area is 122 Å². The Morgan fingerprint density at radius 3 is 2.56 bits per heavy atom. The van der Waals surface area contributed by atoms with Gasteiger partial charge in [0.15, 0.2) is 0 Å². The zero-order chi connectivity index (χ0) is 13.0. The van der Waals surface area contributed by atoms with Crippen LogP contribution in [0.25, 0.3) is 0 Å². The number of rotatable bonds is 2. The van der Waals surface area contributed by atoms with E-state index in [1.54, 1.807) is 0 Å². The molecule has 2 rings (SSSR count). The van der Waals surface area contributed by atoms with Crippen LogP contribution in [0.15, 0.2) is 24.3 Å². The van der Waals surface area contributed by atoms with Gasteiger partial charge >= 0.3 is 0 Å². The number of amides is 1. The van der Waals surface area contributed by atoms with Crippen LogP contribution in [-0.2, 0) is 0 Å². The minimum Gasteiger partial charge on any atom is -0.337 e. The maximum Gasteiger partial charge on any atom is 0.253 e. The molecule has 0 bridgehead atoms. The molecule has 1 aliphatic rings. The molecule has 4 heteroatoms. The van der Waals surface area contributed by atoms with Crippen LogP contribution in [0, 0.1) is 3.57 Å². The third-order valence-corrected chi connectivity index (χ3v) is 4.13. The molecule has 1 aliphatic heterocycles. The van der Waals surface area contributed by atoms with Gasteiger partial charge in [-0.15, -0.1) is 0 Å². The van der Waals surface area contributed by atoms with E-state index in [2.05, 4.69) is 34.4 Å². The Bertz CT molecular complexity index is 405. The first kappa shape index (κ1) is 13.8. The maximum atomic E-state index is 12.4. The molecular weight excluding hydrogens is 339 g/mol. The van der Waals surface area contributed by atoms with Crippen molar-refractivity contribution in [2.75, 3.05) is 32.7 Å². The fraction of sp³-hybridized carbons (Fsp3) is 0.500. The molecule has 1 saturated heterocycles. The van der Waals surface area contributed by atoms with Gasteiger partial charge in [-0.05, 0) is 66.4 Å². The molecule has 0 radical (unpaired) electrons. The van der Waals surface area contributed by atoms with E-state index in [0.29, 0.717) is 0 Å². The van der Waals surface area contributed by atoms with Crippen LogP contribution in [0.5, 0.6) is 0 Å². The standard InChI is InChI=1S/C14H19IN2O/c1-2-16-8-3-9-17(11-10-16)14(18)12-4-6-13(15)7-5-12/h4-7H,2-3,8-11H2,1H3. The number of carbonyl (C=O) groups excluding carboxylic acids is 1. The van der Waals surface area contributed by atoms with Crippen molar-refractivity contribution in [3.8, 4) is 0 Å². The van der Waals surface area contributed by atoms with Crippen LogP contribution in [0.4, 0.5) is 0 Å². The Balaban J connectivity index is 2.02. The second kappa shape index (κ2) is 6.52. The summed E-state index contributed by atoms with van der Waals surface area (Å²) < 4.78 is 1.16. The third-order valence-electron chi connectivity index (χ3n) is 3.41. The summed E-state index contributed by atoms with van der Waals surface area (Å²) in [5.74, 6) is 0.171. The number of hydrogen-bond acceptors (Lipinski definition) is 2. The molecule has 0 atom stereocenters. The lowest BCUT2D eigenvalue weighted by Crippen LogP contribution is -2.35. The average molecular weight is 358 g/mol. The Morgan fingerprint density at radius 1 is 1.17 bits per heavy atom. The molecule has 0 spiro atoms. The second-order valence-corrected chi connectivity index (χ2v) is 5.83. The monoisotopic (exact) mass is 358 g/mol. The number of halogens is 1. The van der Waals surface area contributed by atoms with E-state index in [9.17, 15) is 4.79 Å². The first-order valence-corrected chi connectivity index (χ1v) is 7.56. The van der Waals surface area contributed by atoms with Crippen LogP contribution in [0.3, 0.4) is 0 Å². The summed E-state index contributed by atoms with van der Waals surface area (Å²) in [5, 5.41) is 0. The fourth-order valence-corrected chi connectivity index (χ4v) is 2.62. The Hall–Kier alpha value is -0.620. The van der Waals surface area contributed by atoms with Crippen molar-refractivity contribution in [3.05, 3.63) is 33.4 Å². The number of carbonyl (C=O) groups is 1. The van der Waals surface area contributed by atoms with Crippen molar-refractivity contribution in [2.24, 2.45) is 0 Å². The molecule has 0 aliphatic carbocycles. The van der Waals surface area contributed by atoms with E-state index < -0.39 is 0 Å². The number of likely N-dealkylation sites (N-methyl/N-ethyl adjacent to an activating group) is 1. The topological polar surface area (TPSA) is 23.6 Å². The molecule has 0 saturated carbocycles. The third kappa shape index (κ3) is 3.45. The van der Waals surface area contributed by atoms with Gasteiger partial charge in [-0.1, -0.05) is 6.92 Å². The lowest BCUT2D eigenvalue weighted by Gasteiger charge is -2.21. The minimum atomic E-state index is 0.171. The van der Waals surface area contributed by atoms with Gasteiger partial charge in [-0.2, -0.15) is 0 Å². The fourth-order valence-electron chi connectivity index (χ4n) is 2.27. The number of benzene rings is 1. The summed E-state index contributed by atoms with van der Waals surface area (Å²) in [5.41, 5.74) is 0.806. The highest BCUT2D eigenvalue weighted by Crippen LogP contribution is 2.11. The number of hydrogen-bond donors (Lipinski definition) is 0. The van der Waals surface area contributed by atoms with Crippen LogP contribution in [0.2, 0.25) is 0 Å². The van der Waals surface area contributed by atoms with Gasteiger partial charge in [0, 0.05) is 28.8 Å². The molecular formula is C14H19IN2O. The van der Waals surface area contributed by atoms with E-state index in [1.165, 1.54) is 0 Å². The van der Waals surface area contributed by atoms with Gasteiger partial charge < -0.3 is 9.80 Å². The molecule has 18 heavy (non-hydrogen) atoms. The van der Waals surface area contributed by atoms with Crippen molar-refractivity contribution < 1.29 is 4.79 Å². The average Bonchev–Trinajstić information content (AvgIpc) is 2.64. The predicted octanol–water partition coefficient (Wildman–Crippen LogP) is 2.46. The summed E-state index contributed by atoms with van der Waals surface area (Å²) in [6.45, 7) is 7.07. The molecule has 98 valence electrons. The predicted molar refractivity (Wildman–Crippen MR) is 81.8 cm³/mol. The highest BCUT2D eigenvalue weighted by Gasteiger charge is 2.19. The smallest absolute Gasteiger partial charge is 0.253 e. The first-order chi connectivity index (χ1) is 8.70. The van der Waals surface area contributed by atoms with Crippen LogP contribution in [-0.4, -0.2) is 48.4 Å². The Morgan fingerprint density at radius 2 is 1.89 bits per heavy atom. The SMILES string of the molecule is CCN1CCCN(C(=O)c2ccc(I)cc2)CC1. The molecule has 1 aromatic rings. The molecule has 0 unspecified atom stereocenters. The molecule has 1 heterocycles. The zero-order valence-electron chi connectivity index (χ0n) is 10.7.